The Bertz CT molecular complexity index is 453. The van der Waals surface area contributed by atoms with Crippen molar-refractivity contribution in [3.63, 3.8) is 0 Å². The molecule has 1 aromatic heterocycles. The molecule has 1 aromatic rings. The van der Waals surface area contributed by atoms with E-state index in [4.69, 9.17) is 0 Å². The van der Waals surface area contributed by atoms with E-state index >= 15 is 0 Å². The molecule has 4 nitrogen and oxygen atoms in total. The molecule has 0 aromatic carbocycles. The minimum Gasteiger partial charge on any atom is -0.346 e. The molecule has 1 rings (SSSR count). The maximum Gasteiger partial charge on any atom is 0.405 e. The number of carbonyl (C=O) groups excluding carboxylic acids is 1. The van der Waals surface area contributed by atoms with Crippen molar-refractivity contribution in [2.75, 3.05) is 12.3 Å². The van der Waals surface area contributed by atoms with Crippen molar-refractivity contribution >= 4 is 40.8 Å². The second kappa shape index (κ2) is 8.84. The van der Waals surface area contributed by atoms with Gasteiger partial charge >= 0.3 is 6.18 Å². The first-order chi connectivity index (χ1) is 9.81. The predicted molar refractivity (Wildman–Crippen MR) is 79.9 cm³/mol. The summed E-state index contributed by atoms with van der Waals surface area (Å²) in [5.41, 5.74) is 0. The molecule has 1 amide bonds. The average molecular weight is 359 g/mol. The summed E-state index contributed by atoms with van der Waals surface area (Å²) in [5, 5.41) is 9.13. The number of alkyl halides is 3. The van der Waals surface area contributed by atoms with Crippen molar-refractivity contribution < 1.29 is 18.0 Å². The molecule has 0 aliphatic heterocycles. The molecule has 0 fully saturated rings. The average Bonchev–Trinajstić information content (AvgIpc) is 2.83. The number of halogens is 3. The van der Waals surface area contributed by atoms with Crippen LogP contribution >= 0.6 is 34.9 Å². The quantitative estimate of drug-likeness (QED) is 0.568. The summed E-state index contributed by atoms with van der Waals surface area (Å²) in [5.74, 6) is 0.296. The van der Waals surface area contributed by atoms with E-state index in [1.807, 2.05) is 5.32 Å². The fourth-order valence-electron chi connectivity index (χ4n) is 1.14. The number of aromatic nitrogens is 2. The molecule has 10 heteroatoms. The zero-order valence-electron chi connectivity index (χ0n) is 11.6. The Morgan fingerprint density at radius 3 is 2.67 bits per heavy atom. The molecule has 1 unspecified atom stereocenters. The lowest BCUT2D eigenvalue weighted by molar-refractivity contribution is -0.137. The van der Waals surface area contributed by atoms with Crippen molar-refractivity contribution in [2.45, 2.75) is 46.8 Å². The third-order valence-electron chi connectivity index (χ3n) is 2.22. The molecule has 0 radical (unpaired) electrons. The molecule has 120 valence electrons. The lowest BCUT2D eigenvalue weighted by Gasteiger charge is -2.11. The smallest absolute Gasteiger partial charge is 0.346 e. The fraction of sp³-hybridized carbons (Fsp3) is 0.727. The third-order valence-corrected chi connectivity index (χ3v) is 5.55. The lowest BCUT2D eigenvalue weighted by Crippen LogP contribution is -2.37. The van der Waals surface area contributed by atoms with E-state index in [0.717, 1.165) is 34.7 Å². The van der Waals surface area contributed by atoms with Crippen LogP contribution in [0, 0.1) is 0 Å². The van der Waals surface area contributed by atoms with E-state index in [1.54, 1.807) is 18.7 Å². The van der Waals surface area contributed by atoms with Gasteiger partial charge in [-0.3, -0.25) is 4.79 Å². The summed E-state index contributed by atoms with van der Waals surface area (Å²) < 4.78 is 37.4. The number of amides is 1. The highest BCUT2D eigenvalue weighted by Crippen LogP contribution is 2.31. The zero-order valence-corrected chi connectivity index (χ0v) is 14.0. The van der Waals surface area contributed by atoms with Crippen LogP contribution in [0.5, 0.6) is 0 Å². The second-order valence-corrected chi connectivity index (χ2v) is 8.04. The topological polar surface area (TPSA) is 54.9 Å². The molecule has 0 bridgehead atoms. The second-order valence-electron chi connectivity index (χ2n) is 4.13. The minimum absolute atomic E-state index is 0.587. The zero-order chi connectivity index (χ0) is 15.9. The van der Waals surface area contributed by atoms with Crippen molar-refractivity contribution in [3.8, 4) is 0 Å². The molecule has 0 aliphatic carbocycles. The van der Waals surface area contributed by atoms with Crippen molar-refractivity contribution in [2.24, 2.45) is 0 Å². The number of hydrogen-bond acceptors (Lipinski definition) is 6. The van der Waals surface area contributed by atoms with Crippen molar-refractivity contribution in [1.29, 1.82) is 0 Å². The van der Waals surface area contributed by atoms with Gasteiger partial charge in [-0.1, -0.05) is 48.2 Å². The third kappa shape index (κ3) is 7.91. The number of hydrogen-bond donors (Lipinski definition) is 1. The summed E-state index contributed by atoms with van der Waals surface area (Å²) >= 11 is 4.07. The normalized spacial score (nSPS) is 13.2. The van der Waals surface area contributed by atoms with E-state index in [2.05, 4.69) is 17.1 Å². The highest BCUT2D eigenvalue weighted by Gasteiger charge is 2.29. The van der Waals surface area contributed by atoms with Gasteiger partial charge in [-0.15, -0.1) is 10.2 Å². The van der Waals surface area contributed by atoms with Gasteiger partial charge in [-0.2, -0.15) is 13.2 Å². The largest absolute Gasteiger partial charge is 0.405 e. The van der Waals surface area contributed by atoms with Crippen LogP contribution in [-0.2, 0) is 4.79 Å². The van der Waals surface area contributed by atoms with Gasteiger partial charge in [-0.25, -0.2) is 0 Å². The lowest BCUT2D eigenvalue weighted by atomic mass is 10.4. The van der Waals surface area contributed by atoms with Crippen LogP contribution in [0.4, 0.5) is 13.2 Å². The van der Waals surface area contributed by atoms with Crippen molar-refractivity contribution in [1.82, 2.24) is 15.5 Å². The maximum atomic E-state index is 12.0. The Labute approximate surface area is 133 Å². The fourth-order valence-corrected chi connectivity index (χ4v) is 4.49. The van der Waals surface area contributed by atoms with Crippen LogP contribution in [0.1, 0.15) is 26.7 Å². The Kier molecular flexibility index (Phi) is 7.82. The molecule has 1 heterocycles. The molecule has 1 N–H and O–H groups in total. The predicted octanol–water partition coefficient (Wildman–Crippen LogP) is 3.59. The number of thioether (sulfide) groups is 2. The first-order valence-corrected chi connectivity index (χ1v) is 8.97. The Hall–Kier alpha value is -0.480. The Balaban J connectivity index is 2.40. The van der Waals surface area contributed by atoms with Crippen LogP contribution in [0.3, 0.4) is 0 Å². The van der Waals surface area contributed by atoms with E-state index in [-0.39, 0.29) is 0 Å². The summed E-state index contributed by atoms with van der Waals surface area (Å²) in [6.45, 7) is 2.33. The number of rotatable bonds is 8. The first-order valence-electron chi connectivity index (χ1n) is 6.29. The van der Waals surface area contributed by atoms with Gasteiger partial charge in [0, 0.05) is 5.75 Å². The van der Waals surface area contributed by atoms with Gasteiger partial charge in [0.15, 0.2) is 8.68 Å². The molecular formula is C11H16F3N3OS3. The van der Waals surface area contributed by atoms with E-state index in [1.165, 1.54) is 11.3 Å². The van der Waals surface area contributed by atoms with Crippen LogP contribution in [-0.4, -0.2) is 39.8 Å². The number of nitrogens with one attached hydrogen (secondary N) is 1. The first kappa shape index (κ1) is 18.6. The molecular weight excluding hydrogens is 343 g/mol. The Morgan fingerprint density at radius 1 is 1.38 bits per heavy atom. The monoisotopic (exact) mass is 359 g/mol. The van der Waals surface area contributed by atoms with Crippen LogP contribution < -0.4 is 5.32 Å². The highest BCUT2D eigenvalue weighted by molar-refractivity contribution is 8.03. The van der Waals surface area contributed by atoms with Crippen molar-refractivity contribution in [3.05, 3.63) is 0 Å². The molecule has 0 saturated heterocycles. The van der Waals surface area contributed by atoms with Gasteiger partial charge in [0.1, 0.15) is 6.54 Å². The van der Waals surface area contributed by atoms with Gasteiger partial charge in [0.25, 0.3) is 0 Å². The molecule has 0 spiro atoms. The van der Waals surface area contributed by atoms with E-state index in [0.29, 0.717) is 4.34 Å². The van der Waals surface area contributed by atoms with Gasteiger partial charge in [0.05, 0.1) is 5.25 Å². The van der Waals surface area contributed by atoms with Crippen LogP contribution in [0.15, 0.2) is 8.68 Å². The number of carbonyl (C=O) groups is 1. The van der Waals surface area contributed by atoms with E-state index in [9.17, 15) is 18.0 Å². The molecule has 1 atom stereocenters. The number of nitrogens with zero attached hydrogens (tertiary/aromatic N) is 2. The standard InChI is InChI=1S/C11H16F3N3OS3/c1-3-4-5-19-9-16-17-10(21-9)20-7(2)8(18)15-6-11(12,13)14/h7H,3-6H2,1-2H3,(H,15,18). The van der Waals surface area contributed by atoms with Crippen LogP contribution in [0.2, 0.25) is 0 Å². The summed E-state index contributed by atoms with van der Waals surface area (Å²) in [6.07, 6.45) is -2.21. The van der Waals surface area contributed by atoms with Gasteiger partial charge in [0.2, 0.25) is 5.91 Å². The van der Waals surface area contributed by atoms with E-state index < -0.39 is 23.9 Å². The summed E-state index contributed by atoms with van der Waals surface area (Å²) in [6, 6.07) is 0. The van der Waals surface area contributed by atoms with Gasteiger partial charge in [-0.05, 0) is 13.3 Å². The molecule has 0 saturated carbocycles. The maximum absolute atomic E-state index is 12.0. The summed E-state index contributed by atoms with van der Waals surface area (Å²) in [4.78, 5) is 11.5. The number of unbranched alkanes of at least 4 members (excludes halogenated alkanes) is 1. The SMILES string of the molecule is CCCCSc1nnc(SC(C)C(=O)NCC(F)(F)F)s1. The molecule has 21 heavy (non-hydrogen) atoms. The van der Waals surface area contributed by atoms with Crippen LogP contribution in [0.25, 0.3) is 0 Å². The Morgan fingerprint density at radius 2 is 2.05 bits per heavy atom. The summed E-state index contributed by atoms with van der Waals surface area (Å²) in [7, 11) is 0. The highest BCUT2D eigenvalue weighted by atomic mass is 32.2. The minimum atomic E-state index is -4.40. The molecule has 0 aliphatic rings. The van der Waals surface area contributed by atoms with Gasteiger partial charge < -0.3 is 5.32 Å².